The van der Waals surface area contributed by atoms with Crippen LogP contribution in [0.2, 0.25) is 0 Å². The highest BCUT2D eigenvalue weighted by Gasteiger charge is 2.24. The zero-order valence-electron chi connectivity index (χ0n) is 12.5. The van der Waals surface area contributed by atoms with Gasteiger partial charge < -0.3 is 10.0 Å². The molecule has 0 aliphatic carbocycles. The third-order valence-electron chi connectivity index (χ3n) is 3.22. The van der Waals surface area contributed by atoms with E-state index in [2.05, 4.69) is 6.07 Å². The number of benzene rings is 1. The average Bonchev–Trinajstić information content (AvgIpc) is 2.81. The van der Waals surface area contributed by atoms with Gasteiger partial charge in [0.1, 0.15) is 0 Å². The molecular formula is C15H18N2O3S. The molecule has 2 aromatic rings. The summed E-state index contributed by atoms with van der Waals surface area (Å²) < 4.78 is 0. The zero-order chi connectivity index (χ0) is 15.7. The number of aryl methyl sites for hydroxylation is 2. The lowest BCUT2D eigenvalue weighted by Crippen LogP contribution is -2.09. The minimum Gasteiger partial charge on any atom is -0.388 e. The lowest BCUT2D eigenvalue weighted by molar-refractivity contribution is -0.383. The number of nitro groups is 1. The molecule has 1 unspecified atom stereocenters. The normalized spacial score (nSPS) is 12.2. The van der Waals surface area contributed by atoms with Crippen LogP contribution in [0.3, 0.4) is 0 Å². The van der Waals surface area contributed by atoms with Crippen LogP contribution >= 0.6 is 11.3 Å². The van der Waals surface area contributed by atoms with Crippen LogP contribution in [0.4, 0.5) is 16.4 Å². The molecule has 5 nitrogen and oxygen atoms in total. The molecule has 1 N–H and O–H groups in total. The first kappa shape index (κ1) is 15.5. The Kier molecular flexibility index (Phi) is 4.29. The molecule has 1 aromatic heterocycles. The van der Waals surface area contributed by atoms with E-state index >= 15 is 0 Å². The molecule has 112 valence electrons. The van der Waals surface area contributed by atoms with Crippen molar-refractivity contribution >= 4 is 27.7 Å². The number of nitrogens with zero attached hydrogens (tertiary/aromatic N) is 2. The molecule has 1 heterocycles. The summed E-state index contributed by atoms with van der Waals surface area (Å²) in [4.78, 5) is 13.2. The van der Waals surface area contributed by atoms with E-state index in [1.165, 1.54) is 17.4 Å². The highest BCUT2D eigenvalue weighted by Crippen LogP contribution is 2.42. The van der Waals surface area contributed by atoms with E-state index in [1.807, 2.05) is 26.0 Å². The van der Waals surface area contributed by atoms with Crippen LogP contribution in [0.25, 0.3) is 0 Å². The van der Waals surface area contributed by atoms with Crippen LogP contribution in [0.1, 0.15) is 29.0 Å². The second-order valence-corrected chi connectivity index (χ2v) is 6.24. The van der Waals surface area contributed by atoms with E-state index in [9.17, 15) is 15.2 Å². The van der Waals surface area contributed by atoms with Crippen LogP contribution in [0.5, 0.6) is 0 Å². The Labute approximate surface area is 127 Å². The maximum Gasteiger partial charge on any atom is 0.304 e. The first-order valence-electron chi connectivity index (χ1n) is 6.58. The summed E-state index contributed by atoms with van der Waals surface area (Å²) in [6.45, 7) is 5.60. The molecule has 1 aromatic carbocycles. The van der Waals surface area contributed by atoms with E-state index in [4.69, 9.17) is 0 Å². The molecule has 0 saturated heterocycles. The van der Waals surface area contributed by atoms with Gasteiger partial charge in [-0.1, -0.05) is 6.07 Å². The molecule has 0 spiro atoms. The summed E-state index contributed by atoms with van der Waals surface area (Å²) in [6, 6.07) is 7.47. The van der Waals surface area contributed by atoms with Gasteiger partial charge in [0, 0.05) is 23.7 Å². The molecule has 2 rings (SSSR count). The lowest BCUT2D eigenvalue weighted by atomic mass is 10.1. The largest absolute Gasteiger partial charge is 0.388 e. The molecule has 1 atom stereocenters. The second-order valence-electron chi connectivity index (χ2n) is 5.18. The van der Waals surface area contributed by atoms with Crippen molar-refractivity contribution in [1.29, 1.82) is 0 Å². The molecular weight excluding hydrogens is 288 g/mol. The quantitative estimate of drug-likeness (QED) is 0.682. The van der Waals surface area contributed by atoms with Gasteiger partial charge in [0.25, 0.3) is 0 Å². The van der Waals surface area contributed by atoms with Crippen LogP contribution in [0, 0.1) is 24.0 Å². The number of hydrogen-bond acceptors (Lipinski definition) is 5. The van der Waals surface area contributed by atoms with Crippen LogP contribution < -0.4 is 4.90 Å². The third kappa shape index (κ3) is 3.22. The smallest absolute Gasteiger partial charge is 0.304 e. The average molecular weight is 306 g/mol. The topological polar surface area (TPSA) is 66.6 Å². The number of rotatable bonds is 4. The van der Waals surface area contributed by atoms with Crippen molar-refractivity contribution < 1.29 is 10.0 Å². The molecule has 0 aliphatic heterocycles. The molecule has 0 amide bonds. The molecule has 0 saturated carbocycles. The van der Waals surface area contributed by atoms with Crippen LogP contribution in [-0.4, -0.2) is 17.1 Å². The van der Waals surface area contributed by atoms with Crippen molar-refractivity contribution in [1.82, 2.24) is 0 Å². The van der Waals surface area contributed by atoms with Gasteiger partial charge in [0.2, 0.25) is 0 Å². The highest BCUT2D eigenvalue weighted by molar-refractivity contribution is 7.16. The highest BCUT2D eigenvalue weighted by atomic mass is 32.1. The van der Waals surface area contributed by atoms with Crippen molar-refractivity contribution in [3.05, 3.63) is 50.4 Å². The molecule has 0 fully saturated rings. The van der Waals surface area contributed by atoms with E-state index in [0.29, 0.717) is 9.88 Å². The van der Waals surface area contributed by atoms with Gasteiger partial charge in [-0.25, -0.2) is 0 Å². The SMILES string of the molecule is Cc1cc(C)cc(N(C)c2sc(C(C)O)cc2[N+](=O)[O-])c1. The monoisotopic (exact) mass is 306 g/mol. The van der Waals surface area contributed by atoms with Crippen molar-refractivity contribution in [2.24, 2.45) is 0 Å². The van der Waals surface area contributed by atoms with E-state index < -0.39 is 11.0 Å². The standard InChI is InChI=1S/C15H18N2O3S/c1-9-5-10(2)7-12(6-9)16(4)15-13(17(19)20)8-14(21-15)11(3)18/h5-8,11,18H,1-4H3. The Morgan fingerprint density at radius 2 is 1.81 bits per heavy atom. The summed E-state index contributed by atoms with van der Waals surface area (Å²) in [7, 11) is 1.80. The van der Waals surface area contributed by atoms with Gasteiger partial charge in [-0.2, -0.15) is 0 Å². The second kappa shape index (κ2) is 5.83. The maximum atomic E-state index is 11.2. The number of aliphatic hydroxyl groups is 1. The summed E-state index contributed by atoms with van der Waals surface area (Å²) in [6.07, 6.45) is -0.713. The summed E-state index contributed by atoms with van der Waals surface area (Å²) >= 11 is 1.24. The summed E-state index contributed by atoms with van der Waals surface area (Å²) in [5.41, 5.74) is 3.13. The number of aliphatic hydroxyl groups excluding tert-OH is 1. The third-order valence-corrected chi connectivity index (χ3v) is 4.59. The van der Waals surface area contributed by atoms with E-state index in [-0.39, 0.29) is 5.69 Å². The number of anilines is 2. The van der Waals surface area contributed by atoms with Gasteiger partial charge in [-0.05, 0) is 44.0 Å². The van der Waals surface area contributed by atoms with Crippen LogP contribution in [-0.2, 0) is 0 Å². The van der Waals surface area contributed by atoms with Crippen molar-refractivity contribution in [3.63, 3.8) is 0 Å². The van der Waals surface area contributed by atoms with Crippen LogP contribution in [0.15, 0.2) is 24.3 Å². The minimum atomic E-state index is -0.713. The lowest BCUT2D eigenvalue weighted by Gasteiger charge is -2.18. The Morgan fingerprint density at radius 1 is 1.24 bits per heavy atom. The molecule has 0 radical (unpaired) electrons. The predicted molar refractivity (Wildman–Crippen MR) is 85.6 cm³/mol. The predicted octanol–water partition coefficient (Wildman–Crippen LogP) is 4.09. The first-order chi connectivity index (χ1) is 9.79. The first-order valence-corrected chi connectivity index (χ1v) is 7.39. The molecule has 0 bridgehead atoms. The molecule has 6 heteroatoms. The fourth-order valence-corrected chi connectivity index (χ4v) is 3.27. The summed E-state index contributed by atoms with van der Waals surface area (Å²) in [5, 5.41) is 21.4. The number of hydrogen-bond donors (Lipinski definition) is 1. The van der Waals surface area contributed by atoms with Crippen molar-refractivity contribution in [2.75, 3.05) is 11.9 Å². The fraction of sp³-hybridized carbons (Fsp3) is 0.333. The van der Waals surface area contributed by atoms with Crippen molar-refractivity contribution in [2.45, 2.75) is 26.9 Å². The van der Waals surface area contributed by atoms with Gasteiger partial charge in [-0.3, -0.25) is 10.1 Å². The van der Waals surface area contributed by atoms with E-state index in [0.717, 1.165) is 16.8 Å². The van der Waals surface area contributed by atoms with E-state index in [1.54, 1.807) is 18.9 Å². The zero-order valence-corrected chi connectivity index (χ0v) is 13.3. The van der Waals surface area contributed by atoms with Gasteiger partial charge in [-0.15, -0.1) is 11.3 Å². The Balaban J connectivity index is 2.51. The fourth-order valence-electron chi connectivity index (χ4n) is 2.23. The molecule has 21 heavy (non-hydrogen) atoms. The number of thiophene rings is 1. The Morgan fingerprint density at radius 3 is 2.29 bits per heavy atom. The summed E-state index contributed by atoms with van der Waals surface area (Å²) in [5.74, 6) is 0. The van der Waals surface area contributed by atoms with Gasteiger partial charge in [0.15, 0.2) is 5.00 Å². The van der Waals surface area contributed by atoms with Crippen molar-refractivity contribution in [3.8, 4) is 0 Å². The molecule has 0 aliphatic rings. The minimum absolute atomic E-state index is 0.0255. The maximum absolute atomic E-state index is 11.2. The van der Waals surface area contributed by atoms with Gasteiger partial charge >= 0.3 is 5.69 Å². The Hall–Kier alpha value is -1.92. The van der Waals surface area contributed by atoms with Gasteiger partial charge in [0.05, 0.1) is 11.0 Å². The Bertz CT molecular complexity index is 659.